The molecule has 1 heterocycles. The van der Waals surface area contributed by atoms with Gasteiger partial charge in [0.1, 0.15) is 0 Å². The van der Waals surface area contributed by atoms with Crippen LogP contribution in [0.1, 0.15) is 57.8 Å². The minimum atomic E-state index is 0. The van der Waals surface area contributed by atoms with Gasteiger partial charge < -0.3 is 10.2 Å². The molecule has 19 heavy (non-hydrogen) atoms. The molecule has 0 aromatic rings. The summed E-state index contributed by atoms with van der Waals surface area (Å²) in [6.07, 6.45) is 13.1. The molecule has 2 nitrogen and oxygen atoms in total. The quantitative estimate of drug-likeness (QED) is 0.802. The van der Waals surface area contributed by atoms with Gasteiger partial charge in [0.15, 0.2) is 0 Å². The summed E-state index contributed by atoms with van der Waals surface area (Å²) in [4.78, 5) is 2.58. The molecule has 2 rings (SSSR count). The fourth-order valence-electron chi connectivity index (χ4n) is 3.56. The lowest BCUT2D eigenvalue weighted by Crippen LogP contribution is -2.31. The van der Waals surface area contributed by atoms with Gasteiger partial charge >= 0.3 is 0 Å². The molecule has 0 aromatic heterocycles. The highest BCUT2D eigenvalue weighted by Crippen LogP contribution is 2.26. The van der Waals surface area contributed by atoms with Crippen LogP contribution in [0, 0.1) is 11.8 Å². The molecule has 0 atom stereocenters. The van der Waals surface area contributed by atoms with Crippen molar-refractivity contribution in [1.29, 1.82) is 0 Å². The van der Waals surface area contributed by atoms with Gasteiger partial charge in [-0.3, -0.25) is 0 Å². The molecule has 1 saturated carbocycles. The van der Waals surface area contributed by atoms with E-state index in [1.165, 1.54) is 84.0 Å². The molecular formula is C16H33ClN2. The van der Waals surface area contributed by atoms with E-state index in [0.717, 1.165) is 11.8 Å². The monoisotopic (exact) mass is 288 g/mol. The van der Waals surface area contributed by atoms with E-state index < -0.39 is 0 Å². The minimum absolute atomic E-state index is 0. The van der Waals surface area contributed by atoms with E-state index in [1.54, 1.807) is 0 Å². The first-order chi connectivity index (χ1) is 8.84. The van der Waals surface area contributed by atoms with Gasteiger partial charge in [-0.2, -0.15) is 0 Å². The Morgan fingerprint density at radius 3 is 1.95 bits per heavy atom. The first kappa shape index (κ1) is 17.3. The summed E-state index contributed by atoms with van der Waals surface area (Å²) in [5.74, 6) is 2.03. The molecular weight excluding hydrogens is 256 g/mol. The van der Waals surface area contributed by atoms with Gasteiger partial charge in [0.2, 0.25) is 0 Å². The molecule has 0 bridgehead atoms. The van der Waals surface area contributed by atoms with Crippen LogP contribution < -0.4 is 5.32 Å². The Bertz CT molecular complexity index is 189. The Morgan fingerprint density at radius 2 is 1.37 bits per heavy atom. The van der Waals surface area contributed by atoms with Gasteiger partial charge in [-0.1, -0.05) is 32.1 Å². The first-order valence-corrected chi connectivity index (χ1v) is 8.24. The van der Waals surface area contributed by atoms with Crippen molar-refractivity contribution in [2.24, 2.45) is 11.8 Å². The van der Waals surface area contributed by atoms with E-state index in [2.05, 4.69) is 17.3 Å². The van der Waals surface area contributed by atoms with Gasteiger partial charge in [0.05, 0.1) is 0 Å². The van der Waals surface area contributed by atoms with Crippen molar-refractivity contribution in [1.82, 2.24) is 10.2 Å². The number of rotatable bonds is 6. The van der Waals surface area contributed by atoms with Crippen molar-refractivity contribution in [3.8, 4) is 0 Å². The third-order valence-corrected chi connectivity index (χ3v) is 5.02. The Balaban J connectivity index is 0.00000180. The van der Waals surface area contributed by atoms with Crippen LogP contribution in [0.15, 0.2) is 0 Å². The lowest BCUT2D eigenvalue weighted by Gasteiger charge is -2.27. The van der Waals surface area contributed by atoms with Crippen LogP contribution >= 0.6 is 12.4 Å². The van der Waals surface area contributed by atoms with Crippen molar-refractivity contribution < 1.29 is 0 Å². The number of hydrogen-bond acceptors (Lipinski definition) is 2. The summed E-state index contributed by atoms with van der Waals surface area (Å²) in [5, 5.41) is 3.46. The van der Waals surface area contributed by atoms with E-state index in [0.29, 0.717) is 0 Å². The van der Waals surface area contributed by atoms with Gasteiger partial charge in [0.25, 0.3) is 0 Å². The SMILES string of the molecule is CN(CCC1CCCCC1)CCC1CCNCC1.Cl. The molecule has 0 aromatic carbocycles. The van der Waals surface area contributed by atoms with Gasteiger partial charge in [0, 0.05) is 0 Å². The predicted molar refractivity (Wildman–Crippen MR) is 86.1 cm³/mol. The second kappa shape index (κ2) is 10.0. The van der Waals surface area contributed by atoms with Gasteiger partial charge in [-0.15, -0.1) is 12.4 Å². The van der Waals surface area contributed by atoms with E-state index in [4.69, 9.17) is 0 Å². The molecule has 1 saturated heterocycles. The van der Waals surface area contributed by atoms with Gasteiger partial charge in [-0.25, -0.2) is 0 Å². The summed E-state index contributed by atoms with van der Waals surface area (Å²) in [7, 11) is 2.32. The molecule has 114 valence electrons. The zero-order chi connectivity index (χ0) is 12.6. The van der Waals surface area contributed by atoms with Gasteiger partial charge in [-0.05, 0) is 70.7 Å². The summed E-state index contributed by atoms with van der Waals surface area (Å²) in [6.45, 7) is 5.14. The Labute approximate surface area is 126 Å². The molecule has 2 fully saturated rings. The topological polar surface area (TPSA) is 15.3 Å². The number of hydrogen-bond donors (Lipinski definition) is 1. The Hall–Kier alpha value is 0.210. The smallest absolute Gasteiger partial charge is 0.00191 e. The lowest BCUT2D eigenvalue weighted by atomic mass is 9.87. The number of nitrogens with zero attached hydrogens (tertiary/aromatic N) is 1. The molecule has 1 aliphatic heterocycles. The van der Waals surface area contributed by atoms with Crippen LogP contribution in [0.4, 0.5) is 0 Å². The maximum absolute atomic E-state index is 3.46. The van der Waals surface area contributed by atoms with E-state index >= 15 is 0 Å². The van der Waals surface area contributed by atoms with E-state index in [1.807, 2.05) is 0 Å². The summed E-state index contributed by atoms with van der Waals surface area (Å²) in [5.41, 5.74) is 0. The van der Waals surface area contributed by atoms with Crippen molar-refractivity contribution in [3.63, 3.8) is 0 Å². The fraction of sp³-hybridized carbons (Fsp3) is 1.00. The number of halogens is 1. The fourth-order valence-corrected chi connectivity index (χ4v) is 3.56. The molecule has 0 amide bonds. The molecule has 0 spiro atoms. The van der Waals surface area contributed by atoms with Crippen LogP contribution in [-0.2, 0) is 0 Å². The van der Waals surface area contributed by atoms with Crippen LogP contribution in [0.2, 0.25) is 0 Å². The van der Waals surface area contributed by atoms with E-state index in [9.17, 15) is 0 Å². The second-order valence-electron chi connectivity index (χ2n) is 6.58. The third kappa shape index (κ3) is 6.97. The molecule has 1 aliphatic carbocycles. The maximum atomic E-state index is 3.46. The van der Waals surface area contributed by atoms with Crippen LogP contribution in [0.5, 0.6) is 0 Å². The van der Waals surface area contributed by atoms with Crippen molar-refractivity contribution >= 4 is 12.4 Å². The first-order valence-electron chi connectivity index (χ1n) is 8.24. The highest BCUT2D eigenvalue weighted by atomic mass is 35.5. The zero-order valence-corrected chi connectivity index (χ0v) is 13.5. The van der Waals surface area contributed by atoms with E-state index in [-0.39, 0.29) is 12.4 Å². The summed E-state index contributed by atoms with van der Waals surface area (Å²) >= 11 is 0. The standard InChI is InChI=1S/C16H32N2.ClH/c1-18(13-9-15-5-3-2-4-6-15)14-10-16-7-11-17-12-8-16;/h15-17H,2-14H2,1H3;1H. The summed E-state index contributed by atoms with van der Waals surface area (Å²) < 4.78 is 0. The highest BCUT2D eigenvalue weighted by Gasteiger charge is 2.15. The van der Waals surface area contributed by atoms with Crippen LogP contribution in [-0.4, -0.2) is 38.1 Å². The van der Waals surface area contributed by atoms with Crippen molar-refractivity contribution in [2.45, 2.75) is 57.8 Å². The normalized spacial score (nSPS) is 22.4. The molecule has 1 N–H and O–H groups in total. The van der Waals surface area contributed by atoms with Crippen LogP contribution in [0.3, 0.4) is 0 Å². The average Bonchev–Trinajstić information content (AvgIpc) is 2.45. The number of nitrogens with one attached hydrogen (secondary N) is 1. The molecule has 0 unspecified atom stereocenters. The molecule has 2 aliphatic rings. The largest absolute Gasteiger partial charge is 0.317 e. The zero-order valence-electron chi connectivity index (χ0n) is 12.7. The van der Waals surface area contributed by atoms with Crippen LogP contribution in [0.25, 0.3) is 0 Å². The lowest BCUT2D eigenvalue weighted by molar-refractivity contribution is 0.239. The summed E-state index contributed by atoms with van der Waals surface area (Å²) in [6, 6.07) is 0. The molecule has 3 heteroatoms. The molecule has 0 radical (unpaired) electrons. The second-order valence-corrected chi connectivity index (χ2v) is 6.58. The highest BCUT2D eigenvalue weighted by molar-refractivity contribution is 5.85. The minimum Gasteiger partial charge on any atom is -0.317 e. The predicted octanol–water partition coefficient (Wildman–Crippen LogP) is 3.70. The third-order valence-electron chi connectivity index (χ3n) is 5.02. The van der Waals surface area contributed by atoms with Crippen molar-refractivity contribution in [2.75, 3.05) is 33.2 Å². The van der Waals surface area contributed by atoms with Crippen molar-refractivity contribution in [3.05, 3.63) is 0 Å². The maximum Gasteiger partial charge on any atom is -0.00191 e. The average molecular weight is 289 g/mol. The Morgan fingerprint density at radius 1 is 0.842 bits per heavy atom. The Kier molecular flexibility index (Phi) is 9.10. The number of piperidine rings is 1.